The molecule has 1 aromatic heterocycles. The van der Waals surface area contributed by atoms with Crippen molar-refractivity contribution in [2.24, 2.45) is 5.92 Å². The zero-order valence-corrected chi connectivity index (χ0v) is 18.4. The van der Waals surface area contributed by atoms with Gasteiger partial charge in [-0.2, -0.15) is 0 Å². The molecule has 1 saturated heterocycles. The minimum absolute atomic E-state index is 0.00257. The quantitative estimate of drug-likeness (QED) is 0.629. The van der Waals surface area contributed by atoms with Crippen molar-refractivity contribution in [1.29, 1.82) is 0 Å². The van der Waals surface area contributed by atoms with E-state index in [2.05, 4.69) is 46.3 Å². The van der Waals surface area contributed by atoms with Crippen LogP contribution >= 0.6 is 0 Å². The first kappa shape index (κ1) is 20.6. The van der Waals surface area contributed by atoms with E-state index in [4.69, 9.17) is 0 Å². The zero-order chi connectivity index (χ0) is 22.1. The molecule has 0 radical (unpaired) electrons. The molecule has 2 heterocycles. The number of amides is 1. The standard InChI is InChI=1S/C26H28N4O2/c1-18-17-29(26(32)20-11-13-21(31)14-12-20)15-16-30(18)25-23-10-6-5-9-22(23)24(27-28-25)19-7-3-2-4-8-19/h2-10,18,20H,11-17H2,1H3/t18-/m1/s1. The summed E-state index contributed by atoms with van der Waals surface area (Å²) in [6.07, 6.45) is 2.48. The highest BCUT2D eigenvalue weighted by Crippen LogP contribution is 2.33. The number of nitrogens with zero attached hydrogens (tertiary/aromatic N) is 4. The Bertz CT molecular complexity index is 1140. The van der Waals surface area contributed by atoms with Gasteiger partial charge in [0.15, 0.2) is 5.82 Å². The molecule has 1 atom stereocenters. The van der Waals surface area contributed by atoms with Crippen molar-refractivity contribution < 1.29 is 9.59 Å². The van der Waals surface area contributed by atoms with Crippen molar-refractivity contribution in [3.63, 3.8) is 0 Å². The Hall–Kier alpha value is -3.28. The third-order valence-electron chi connectivity index (χ3n) is 6.82. The molecule has 2 aliphatic rings. The van der Waals surface area contributed by atoms with E-state index in [0.717, 1.165) is 34.4 Å². The molecule has 32 heavy (non-hydrogen) atoms. The third kappa shape index (κ3) is 3.85. The number of ketones is 1. The van der Waals surface area contributed by atoms with Crippen LogP contribution in [0.25, 0.3) is 22.0 Å². The zero-order valence-electron chi connectivity index (χ0n) is 18.4. The molecule has 2 aromatic carbocycles. The second-order valence-corrected chi connectivity index (χ2v) is 8.92. The van der Waals surface area contributed by atoms with Crippen LogP contribution in [0.2, 0.25) is 0 Å². The summed E-state index contributed by atoms with van der Waals surface area (Å²) < 4.78 is 0. The Morgan fingerprint density at radius 1 is 0.906 bits per heavy atom. The minimum Gasteiger partial charge on any atom is -0.348 e. The number of benzene rings is 2. The number of anilines is 1. The topological polar surface area (TPSA) is 66.4 Å². The Kier molecular flexibility index (Phi) is 5.60. The van der Waals surface area contributed by atoms with Crippen LogP contribution in [0.15, 0.2) is 54.6 Å². The maximum atomic E-state index is 13.0. The van der Waals surface area contributed by atoms with Crippen LogP contribution in [-0.2, 0) is 9.59 Å². The Balaban J connectivity index is 1.39. The molecule has 3 aromatic rings. The van der Waals surface area contributed by atoms with Gasteiger partial charge in [-0.3, -0.25) is 9.59 Å². The highest BCUT2D eigenvalue weighted by molar-refractivity contribution is 6.00. The van der Waals surface area contributed by atoms with Gasteiger partial charge >= 0.3 is 0 Å². The molecule has 0 N–H and O–H groups in total. The Morgan fingerprint density at radius 2 is 1.59 bits per heavy atom. The molecular weight excluding hydrogens is 400 g/mol. The summed E-state index contributed by atoms with van der Waals surface area (Å²) in [5, 5.41) is 11.4. The van der Waals surface area contributed by atoms with Gasteiger partial charge in [-0.25, -0.2) is 0 Å². The lowest BCUT2D eigenvalue weighted by Crippen LogP contribution is -2.55. The van der Waals surface area contributed by atoms with Gasteiger partial charge in [0.2, 0.25) is 5.91 Å². The van der Waals surface area contributed by atoms with Gasteiger partial charge < -0.3 is 9.80 Å². The van der Waals surface area contributed by atoms with Crippen LogP contribution in [-0.4, -0.2) is 52.5 Å². The van der Waals surface area contributed by atoms with E-state index in [0.29, 0.717) is 38.8 Å². The summed E-state index contributed by atoms with van der Waals surface area (Å²) >= 11 is 0. The van der Waals surface area contributed by atoms with E-state index in [1.807, 2.05) is 35.2 Å². The van der Waals surface area contributed by atoms with Gasteiger partial charge in [0.25, 0.3) is 0 Å². The number of aromatic nitrogens is 2. The maximum absolute atomic E-state index is 13.0. The summed E-state index contributed by atoms with van der Waals surface area (Å²) in [4.78, 5) is 28.8. The van der Waals surface area contributed by atoms with E-state index in [1.165, 1.54) is 0 Å². The fourth-order valence-corrected chi connectivity index (χ4v) is 5.03. The van der Waals surface area contributed by atoms with E-state index in [-0.39, 0.29) is 23.7 Å². The Labute approximate surface area is 188 Å². The highest BCUT2D eigenvalue weighted by atomic mass is 16.2. The molecule has 164 valence electrons. The summed E-state index contributed by atoms with van der Waals surface area (Å²) in [6.45, 7) is 4.21. The second-order valence-electron chi connectivity index (χ2n) is 8.92. The second kappa shape index (κ2) is 8.69. The van der Waals surface area contributed by atoms with Crippen molar-refractivity contribution in [2.75, 3.05) is 24.5 Å². The number of rotatable bonds is 3. The number of hydrogen-bond donors (Lipinski definition) is 0. The van der Waals surface area contributed by atoms with E-state index in [1.54, 1.807) is 0 Å². The van der Waals surface area contributed by atoms with Crippen LogP contribution in [0.4, 0.5) is 5.82 Å². The van der Waals surface area contributed by atoms with Crippen molar-refractivity contribution in [3.05, 3.63) is 54.6 Å². The largest absolute Gasteiger partial charge is 0.348 e. The summed E-state index contributed by atoms with van der Waals surface area (Å²) in [5.74, 6) is 1.37. The number of hydrogen-bond acceptors (Lipinski definition) is 5. The molecule has 1 aliphatic carbocycles. The molecule has 0 spiro atoms. The maximum Gasteiger partial charge on any atom is 0.225 e. The molecule has 6 heteroatoms. The lowest BCUT2D eigenvalue weighted by molar-refractivity contribution is -0.138. The predicted molar refractivity (Wildman–Crippen MR) is 125 cm³/mol. The average molecular weight is 429 g/mol. The molecule has 2 fully saturated rings. The lowest BCUT2D eigenvalue weighted by atomic mass is 9.87. The lowest BCUT2D eigenvalue weighted by Gasteiger charge is -2.42. The number of carbonyl (C=O) groups excluding carboxylic acids is 2. The average Bonchev–Trinajstić information content (AvgIpc) is 2.84. The molecule has 0 unspecified atom stereocenters. The number of piperazine rings is 1. The molecule has 5 rings (SSSR count). The molecule has 0 bridgehead atoms. The Morgan fingerprint density at radius 3 is 2.31 bits per heavy atom. The minimum atomic E-state index is -0.00257. The van der Waals surface area contributed by atoms with E-state index < -0.39 is 0 Å². The van der Waals surface area contributed by atoms with Crippen LogP contribution in [0.1, 0.15) is 32.6 Å². The van der Waals surface area contributed by atoms with Crippen LogP contribution in [0, 0.1) is 5.92 Å². The predicted octanol–water partition coefficient (Wildman–Crippen LogP) is 4.09. The third-order valence-corrected chi connectivity index (χ3v) is 6.82. The first-order valence-electron chi connectivity index (χ1n) is 11.5. The SMILES string of the molecule is C[C@@H]1CN(C(=O)C2CCC(=O)CC2)CCN1c1nnc(-c2ccccc2)c2ccccc12. The molecule has 1 saturated carbocycles. The van der Waals surface area contributed by atoms with Crippen LogP contribution in [0.3, 0.4) is 0 Å². The molecule has 6 nitrogen and oxygen atoms in total. The van der Waals surface area contributed by atoms with E-state index >= 15 is 0 Å². The first-order chi connectivity index (χ1) is 15.6. The number of Topliss-reactive ketones (excluding diaryl/α,β-unsaturated/α-hetero) is 1. The van der Waals surface area contributed by atoms with Crippen LogP contribution in [0.5, 0.6) is 0 Å². The van der Waals surface area contributed by atoms with Crippen molar-refractivity contribution in [1.82, 2.24) is 15.1 Å². The van der Waals surface area contributed by atoms with Crippen molar-refractivity contribution in [3.8, 4) is 11.3 Å². The fraction of sp³-hybridized carbons (Fsp3) is 0.385. The summed E-state index contributed by atoms with van der Waals surface area (Å²) in [5.41, 5.74) is 1.94. The smallest absolute Gasteiger partial charge is 0.225 e. The molecular formula is C26H28N4O2. The van der Waals surface area contributed by atoms with Crippen molar-refractivity contribution >= 4 is 28.3 Å². The van der Waals surface area contributed by atoms with E-state index in [9.17, 15) is 9.59 Å². The first-order valence-corrected chi connectivity index (χ1v) is 11.5. The van der Waals surface area contributed by atoms with Gasteiger partial charge in [0.1, 0.15) is 11.5 Å². The van der Waals surface area contributed by atoms with Gasteiger partial charge in [-0.1, -0.05) is 54.6 Å². The van der Waals surface area contributed by atoms with Crippen molar-refractivity contribution in [2.45, 2.75) is 38.6 Å². The monoisotopic (exact) mass is 428 g/mol. The van der Waals surface area contributed by atoms with Gasteiger partial charge in [0, 0.05) is 60.8 Å². The summed E-state index contributed by atoms with van der Waals surface area (Å²) in [7, 11) is 0. The normalized spacial score (nSPS) is 20.0. The van der Waals surface area contributed by atoms with Gasteiger partial charge in [-0.05, 0) is 19.8 Å². The van der Waals surface area contributed by atoms with Gasteiger partial charge in [0.05, 0.1) is 0 Å². The molecule has 1 amide bonds. The molecule has 1 aliphatic heterocycles. The number of carbonyl (C=O) groups is 2. The van der Waals surface area contributed by atoms with Gasteiger partial charge in [-0.15, -0.1) is 10.2 Å². The fourth-order valence-electron chi connectivity index (χ4n) is 5.03. The number of fused-ring (bicyclic) bond motifs is 1. The highest BCUT2D eigenvalue weighted by Gasteiger charge is 2.33. The summed E-state index contributed by atoms with van der Waals surface area (Å²) in [6, 6.07) is 18.6. The van der Waals surface area contributed by atoms with Crippen LogP contribution < -0.4 is 4.90 Å².